The summed E-state index contributed by atoms with van der Waals surface area (Å²) in [5.74, 6) is -0.512. The lowest BCUT2D eigenvalue weighted by molar-refractivity contribution is -0.122. The first-order chi connectivity index (χ1) is 4.76. The van der Waals surface area contributed by atoms with Gasteiger partial charge in [0.15, 0.2) is 5.78 Å². The van der Waals surface area contributed by atoms with Crippen molar-refractivity contribution in [2.45, 2.75) is 34.6 Å². The van der Waals surface area contributed by atoms with E-state index >= 15 is 0 Å². The normalized spacial score (nSPS) is 14.4. The van der Waals surface area contributed by atoms with Gasteiger partial charge in [0.2, 0.25) is 0 Å². The first-order valence-electron chi connectivity index (χ1n) is 3.64. The molecular weight excluding hydrogens is 143 g/mol. The summed E-state index contributed by atoms with van der Waals surface area (Å²) in [5.41, 5.74) is -0.241. The zero-order valence-corrected chi connectivity index (χ0v) is 7.79. The smallest absolute Gasteiger partial charge is 0.166 e. The molecule has 0 heterocycles. The molecule has 0 saturated carbocycles. The summed E-state index contributed by atoms with van der Waals surface area (Å²) < 4.78 is 12.5. The Morgan fingerprint density at radius 3 is 1.64 bits per heavy atom. The summed E-state index contributed by atoms with van der Waals surface area (Å²) in [6.07, 6.45) is 0. The van der Waals surface area contributed by atoms with Crippen molar-refractivity contribution < 1.29 is 9.18 Å². The molecule has 0 aromatic heterocycles. The van der Waals surface area contributed by atoms with Gasteiger partial charge < -0.3 is 0 Å². The van der Waals surface area contributed by atoms with Crippen LogP contribution in [0.1, 0.15) is 34.6 Å². The molecular formula is C9H15FO. The molecule has 0 amide bonds. The molecule has 0 saturated heterocycles. The second kappa shape index (κ2) is 3.16. The van der Waals surface area contributed by atoms with E-state index in [2.05, 4.69) is 0 Å². The number of carbonyl (C=O) groups is 1. The highest BCUT2D eigenvalue weighted by atomic mass is 19.1. The largest absolute Gasteiger partial charge is 0.294 e. The highest BCUT2D eigenvalue weighted by Crippen LogP contribution is 2.21. The molecule has 1 nitrogen and oxygen atoms in total. The van der Waals surface area contributed by atoms with Gasteiger partial charge in [-0.3, -0.25) is 4.79 Å². The zero-order valence-electron chi connectivity index (χ0n) is 7.79. The van der Waals surface area contributed by atoms with Crippen LogP contribution in [-0.2, 0) is 4.79 Å². The van der Waals surface area contributed by atoms with Crippen molar-refractivity contribution in [2.24, 2.45) is 5.41 Å². The maximum atomic E-state index is 12.5. The van der Waals surface area contributed by atoms with Crippen LogP contribution in [-0.4, -0.2) is 5.78 Å². The number of Topliss-reactive ketones (excluding diaryl/α,β-unsaturated/α-hetero) is 1. The SMILES string of the molecule is C/C(F)=C(\C)C(=O)C(C)(C)C. The van der Waals surface area contributed by atoms with Gasteiger partial charge in [0.25, 0.3) is 0 Å². The van der Waals surface area contributed by atoms with Crippen molar-refractivity contribution in [3.8, 4) is 0 Å². The Bertz CT molecular complexity index is 192. The van der Waals surface area contributed by atoms with Crippen LogP contribution in [0.3, 0.4) is 0 Å². The maximum absolute atomic E-state index is 12.5. The van der Waals surface area contributed by atoms with Crippen LogP contribution in [0.5, 0.6) is 0 Å². The predicted octanol–water partition coefficient (Wildman–Crippen LogP) is 2.87. The van der Waals surface area contributed by atoms with Crippen LogP contribution in [0.15, 0.2) is 11.4 Å². The van der Waals surface area contributed by atoms with E-state index in [0.29, 0.717) is 0 Å². The van der Waals surface area contributed by atoms with Gasteiger partial charge in [-0.2, -0.15) is 0 Å². The number of ketones is 1. The molecule has 0 aliphatic rings. The van der Waals surface area contributed by atoms with Crippen LogP contribution >= 0.6 is 0 Å². The van der Waals surface area contributed by atoms with Crippen molar-refractivity contribution in [1.82, 2.24) is 0 Å². The lowest BCUT2D eigenvalue weighted by Gasteiger charge is -2.16. The van der Waals surface area contributed by atoms with Crippen molar-refractivity contribution >= 4 is 5.78 Å². The summed E-state index contributed by atoms with van der Waals surface area (Å²) in [7, 11) is 0. The minimum atomic E-state index is -0.475. The average molecular weight is 158 g/mol. The Hall–Kier alpha value is -0.660. The molecule has 11 heavy (non-hydrogen) atoms. The molecule has 0 unspecified atom stereocenters. The van der Waals surface area contributed by atoms with E-state index in [1.807, 2.05) is 0 Å². The molecule has 0 bridgehead atoms. The first kappa shape index (κ1) is 10.3. The van der Waals surface area contributed by atoms with E-state index in [1.54, 1.807) is 20.8 Å². The third kappa shape index (κ3) is 2.83. The fourth-order valence-corrected chi connectivity index (χ4v) is 0.719. The molecule has 2 heteroatoms. The fourth-order valence-electron chi connectivity index (χ4n) is 0.719. The molecule has 0 N–H and O–H groups in total. The monoisotopic (exact) mass is 158 g/mol. The van der Waals surface area contributed by atoms with Crippen molar-refractivity contribution in [1.29, 1.82) is 0 Å². The Kier molecular flexibility index (Phi) is 2.97. The molecule has 0 aliphatic heterocycles. The molecule has 0 radical (unpaired) electrons. The maximum Gasteiger partial charge on any atom is 0.166 e. The lowest BCUT2D eigenvalue weighted by atomic mass is 9.87. The molecule has 0 atom stereocenters. The Balaban J connectivity index is 4.67. The van der Waals surface area contributed by atoms with E-state index in [-0.39, 0.29) is 17.2 Å². The molecule has 0 fully saturated rings. The summed E-state index contributed by atoms with van der Waals surface area (Å²) in [6.45, 7) is 8.16. The highest BCUT2D eigenvalue weighted by molar-refractivity contribution is 5.98. The van der Waals surface area contributed by atoms with Crippen molar-refractivity contribution in [3.63, 3.8) is 0 Å². The summed E-state index contributed by atoms with van der Waals surface area (Å²) in [5, 5.41) is 0. The second-order valence-corrected chi connectivity index (χ2v) is 3.74. The van der Waals surface area contributed by atoms with Gasteiger partial charge in [-0.05, 0) is 13.8 Å². The third-order valence-electron chi connectivity index (χ3n) is 1.54. The van der Waals surface area contributed by atoms with Crippen LogP contribution < -0.4 is 0 Å². The van der Waals surface area contributed by atoms with Crippen molar-refractivity contribution in [3.05, 3.63) is 11.4 Å². The number of halogens is 1. The molecule has 0 spiro atoms. The van der Waals surface area contributed by atoms with Gasteiger partial charge in [0.05, 0.1) is 0 Å². The van der Waals surface area contributed by atoms with E-state index in [1.165, 1.54) is 13.8 Å². The van der Waals surface area contributed by atoms with Crippen LogP contribution in [0.4, 0.5) is 4.39 Å². The molecule has 0 aromatic rings. The first-order valence-corrected chi connectivity index (χ1v) is 3.64. The summed E-state index contributed by atoms with van der Waals surface area (Å²) in [4.78, 5) is 11.3. The van der Waals surface area contributed by atoms with Gasteiger partial charge >= 0.3 is 0 Å². The topological polar surface area (TPSA) is 17.1 Å². The quantitative estimate of drug-likeness (QED) is 0.536. The fraction of sp³-hybridized carbons (Fsp3) is 0.667. The number of carbonyl (C=O) groups excluding carboxylic acids is 1. The molecule has 0 rings (SSSR count). The van der Waals surface area contributed by atoms with E-state index < -0.39 is 5.41 Å². The van der Waals surface area contributed by atoms with Crippen LogP contribution in [0.2, 0.25) is 0 Å². The average Bonchev–Trinajstić information content (AvgIpc) is 1.82. The number of allylic oxidation sites excluding steroid dienone is 2. The van der Waals surface area contributed by atoms with E-state index in [4.69, 9.17) is 0 Å². The van der Waals surface area contributed by atoms with Gasteiger partial charge in [0.1, 0.15) is 5.83 Å². The van der Waals surface area contributed by atoms with Gasteiger partial charge in [-0.15, -0.1) is 0 Å². The third-order valence-corrected chi connectivity index (χ3v) is 1.54. The zero-order chi connectivity index (χ0) is 9.23. The molecule has 64 valence electrons. The molecule has 0 aromatic carbocycles. The van der Waals surface area contributed by atoms with Crippen molar-refractivity contribution in [2.75, 3.05) is 0 Å². The lowest BCUT2D eigenvalue weighted by Crippen LogP contribution is -2.21. The van der Waals surface area contributed by atoms with E-state index in [9.17, 15) is 9.18 Å². The second-order valence-electron chi connectivity index (χ2n) is 3.74. The summed E-state index contributed by atoms with van der Waals surface area (Å²) in [6, 6.07) is 0. The van der Waals surface area contributed by atoms with E-state index in [0.717, 1.165) is 0 Å². The van der Waals surface area contributed by atoms with Gasteiger partial charge in [-0.25, -0.2) is 4.39 Å². The Labute approximate surface area is 67.3 Å². The van der Waals surface area contributed by atoms with Gasteiger partial charge in [0, 0.05) is 11.0 Å². The number of rotatable bonds is 1. The number of hydrogen-bond donors (Lipinski definition) is 0. The van der Waals surface area contributed by atoms with Crippen LogP contribution in [0.25, 0.3) is 0 Å². The minimum Gasteiger partial charge on any atom is -0.294 e. The standard InChI is InChI=1S/C9H15FO/c1-6(7(2)10)8(11)9(3,4)5/h1-5H3/b7-6-. The predicted molar refractivity (Wildman–Crippen MR) is 43.9 cm³/mol. The molecule has 0 aliphatic carbocycles. The van der Waals surface area contributed by atoms with Gasteiger partial charge in [-0.1, -0.05) is 20.8 Å². The Morgan fingerprint density at radius 1 is 1.18 bits per heavy atom. The number of hydrogen-bond acceptors (Lipinski definition) is 1. The minimum absolute atomic E-state index is 0.127. The highest BCUT2D eigenvalue weighted by Gasteiger charge is 2.23. The summed E-state index contributed by atoms with van der Waals surface area (Å²) >= 11 is 0. The Morgan fingerprint density at radius 2 is 1.55 bits per heavy atom. The van der Waals surface area contributed by atoms with Crippen LogP contribution in [0, 0.1) is 5.41 Å².